The van der Waals surface area contributed by atoms with Crippen LogP contribution in [-0.2, 0) is 13.1 Å². The van der Waals surface area contributed by atoms with E-state index in [1.165, 1.54) is 30.5 Å². The molecule has 2 aliphatic rings. The number of amides is 2. The molecule has 1 unspecified atom stereocenters. The number of carbonyl (C=O) groups is 1. The molecule has 1 N–H and O–H groups in total. The van der Waals surface area contributed by atoms with Gasteiger partial charge in [-0.15, -0.1) is 0 Å². The zero-order valence-electron chi connectivity index (χ0n) is 14.3. The van der Waals surface area contributed by atoms with Gasteiger partial charge in [-0.3, -0.25) is 4.90 Å². The minimum absolute atomic E-state index is 0.0798. The second-order valence-electron chi connectivity index (χ2n) is 6.94. The fraction of sp³-hybridized carbons (Fsp3) is 0.611. The molecule has 1 atom stereocenters. The van der Waals surface area contributed by atoms with E-state index in [1.807, 2.05) is 11.0 Å². The van der Waals surface area contributed by atoms with Crippen molar-refractivity contribution in [3.8, 4) is 0 Å². The van der Waals surface area contributed by atoms with Gasteiger partial charge < -0.3 is 15.1 Å². The summed E-state index contributed by atoms with van der Waals surface area (Å²) in [4.78, 5) is 19.1. The number of hydrogen-bond donors (Lipinski definition) is 1. The number of fused-ring (bicyclic) bond motifs is 1. The molecular weight excluding hydrogens is 288 g/mol. The van der Waals surface area contributed by atoms with E-state index in [0.717, 1.165) is 26.2 Å². The molecular formula is C18H28N4O. The fourth-order valence-corrected chi connectivity index (χ4v) is 3.68. The first-order valence-corrected chi connectivity index (χ1v) is 8.62. The van der Waals surface area contributed by atoms with Crippen LogP contribution in [0.4, 0.5) is 4.79 Å². The smallest absolute Gasteiger partial charge is 0.317 e. The van der Waals surface area contributed by atoms with Crippen molar-refractivity contribution in [2.45, 2.75) is 32.0 Å². The van der Waals surface area contributed by atoms with E-state index in [-0.39, 0.29) is 6.03 Å². The van der Waals surface area contributed by atoms with Crippen molar-refractivity contribution in [1.29, 1.82) is 0 Å². The highest BCUT2D eigenvalue weighted by Gasteiger charge is 2.32. The van der Waals surface area contributed by atoms with Gasteiger partial charge in [-0.2, -0.15) is 0 Å². The second kappa shape index (κ2) is 7.32. The summed E-state index contributed by atoms with van der Waals surface area (Å²) in [6.07, 6.45) is 2.51. The Labute approximate surface area is 139 Å². The molecule has 0 bridgehead atoms. The van der Waals surface area contributed by atoms with Crippen molar-refractivity contribution in [2.75, 3.05) is 40.3 Å². The number of benzene rings is 1. The third-order valence-electron chi connectivity index (χ3n) is 4.91. The molecule has 3 rings (SSSR count). The summed E-state index contributed by atoms with van der Waals surface area (Å²) in [5.74, 6) is 0. The third-order valence-corrected chi connectivity index (χ3v) is 4.91. The van der Waals surface area contributed by atoms with Crippen LogP contribution >= 0.6 is 0 Å². The largest absolute Gasteiger partial charge is 0.334 e. The monoisotopic (exact) mass is 316 g/mol. The highest BCUT2D eigenvalue weighted by Crippen LogP contribution is 2.21. The van der Waals surface area contributed by atoms with Crippen molar-refractivity contribution in [2.24, 2.45) is 0 Å². The molecule has 5 heteroatoms. The predicted molar refractivity (Wildman–Crippen MR) is 92.2 cm³/mol. The van der Waals surface area contributed by atoms with Gasteiger partial charge in [0.1, 0.15) is 0 Å². The zero-order valence-corrected chi connectivity index (χ0v) is 14.3. The van der Waals surface area contributed by atoms with Crippen molar-refractivity contribution in [1.82, 2.24) is 20.0 Å². The van der Waals surface area contributed by atoms with Crippen LogP contribution in [0.5, 0.6) is 0 Å². The van der Waals surface area contributed by atoms with Gasteiger partial charge in [0, 0.05) is 38.8 Å². The Morgan fingerprint density at radius 1 is 1.22 bits per heavy atom. The summed E-state index contributed by atoms with van der Waals surface area (Å²) in [6.45, 7) is 5.46. The van der Waals surface area contributed by atoms with Crippen LogP contribution in [-0.4, -0.2) is 67.0 Å². The van der Waals surface area contributed by atoms with Crippen LogP contribution in [0.1, 0.15) is 24.0 Å². The van der Waals surface area contributed by atoms with Crippen LogP contribution in [0.3, 0.4) is 0 Å². The molecule has 2 heterocycles. The Morgan fingerprint density at radius 3 is 2.78 bits per heavy atom. The first-order chi connectivity index (χ1) is 11.1. The maximum Gasteiger partial charge on any atom is 0.317 e. The molecule has 0 aliphatic carbocycles. The Balaban J connectivity index is 1.55. The first kappa shape index (κ1) is 16.3. The summed E-state index contributed by atoms with van der Waals surface area (Å²) in [5.41, 5.74) is 2.48. The maximum absolute atomic E-state index is 12.5. The molecule has 126 valence electrons. The average molecular weight is 316 g/mol. The fourth-order valence-electron chi connectivity index (χ4n) is 3.68. The molecule has 5 nitrogen and oxygen atoms in total. The van der Waals surface area contributed by atoms with E-state index >= 15 is 0 Å². The Hall–Kier alpha value is -1.59. The number of carbonyl (C=O) groups excluding carboxylic acids is 1. The van der Waals surface area contributed by atoms with Crippen molar-refractivity contribution in [3.63, 3.8) is 0 Å². The molecule has 0 radical (unpaired) electrons. The Morgan fingerprint density at radius 2 is 2.00 bits per heavy atom. The molecule has 1 aromatic rings. The topological polar surface area (TPSA) is 38.8 Å². The van der Waals surface area contributed by atoms with Crippen molar-refractivity contribution < 1.29 is 4.79 Å². The van der Waals surface area contributed by atoms with E-state index in [2.05, 4.69) is 47.4 Å². The number of piperazine rings is 1. The van der Waals surface area contributed by atoms with Gasteiger partial charge in [-0.1, -0.05) is 24.3 Å². The highest BCUT2D eigenvalue weighted by molar-refractivity contribution is 5.74. The summed E-state index contributed by atoms with van der Waals surface area (Å²) in [5, 5.41) is 3.11. The van der Waals surface area contributed by atoms with Gasteiger partial charge in [0.15, 0.2) is 0 Å². The molecule has 0 saturated carbocycles. The van der Waals surface area contributed by atoms with Gasteiger partial charge in [-0.05, 0) is 44.6 Å². The molecule has 2 amide bonds. The Kier molecular flexibility index (Phi) is 5.18. The lowest BCUT2D eigenvalue weighted by molar-refractivity contribution is 0.117. The number of hydrogen-bond acceptors (Lipinski definition) is 3. The third kappa shape index (κ3) is 4.03. The van der Waals surface area contributed by atoms with Crippen molar-refractivity contribution >= 4 is 6.03 Å². The number of rotatable bonds is 4. The molecule has 0 aromatic heterocycles. The normalized spacial score (nSPS) is 21.5. The van der Waals surface area contributed by atoms with E-state index in [0.29, 0.717) is 12.6 Å². The molecule has 1 aromatic carbocycles. The van der Waals surface area contributed by atoms with E-state index in [9.17, 15) is 4.79 Å². The number of nitrogens with one attached hydrogen (secondary N) is 1. The molecule has 2 aliphatic heterocycles. The zero-order chi connectivity index (χ0) is 16.2. The van der Waals surface area contributed by atoms with Crippen LogP contribution < -0.4 is 5.32 Å². The maximum atomic E-state index is 12.5. The van der Waals surface area contributed by atoms with Crippen LogP contribution in [0, 0.1) is 0 Å². The van der Waals surface area contributed by atoms with Gasteiger partial charge in [0.25, 0.3) is 0 Å². The molecule has 23 heavy (non-hydrogen) atoms. The minimum Gasteiger partial charge on any atom is -0.334 e. The quantitative estimate of drug-likeness (QED) is 0.919. The number of urea groups is 1. The van der Waals surface area contributed by atoms with Crippen LogP contribution in [0.25, 0.3) is 0 Å². The van der Waals surface area contributed by atoms with E-state index in [4.69, 9.17) is 0 Å². The van der Waals surface area contributed by atoms with Crippen LogP contribution in [0.2, 0.25) is 0 Å². The molecule has 2 fully saturated rings. The lowest BCUT2D eigenvalue weighted by Crippen LogP contribution is -2.54. The molecule has 2 saturated heterocycles. The van der Waals surface area contributed by atoms with E-state index in [1.54, 1.807) is 0 Å². The van der Waals surface area contributed by atoms with Crippen molar-refractivity contribution in [3.05, 3.63) is 35.4 Å². The Bertz CT molecular complexity index is 546. The summed E-state index contributed by atoms with van der Waals surface area (Å²) >= 11 is 0. The average Bonchev–Trinajstić information content (AvgIpc) is 3.00. The van der Waals surface area contributed by atoms with Gasteiger partial charge >= 0.3 is 6.03 Å². The van der Waals surface area contributed by atoms with Gasteiger partial charge in [-0.25, -0.2) is 4.79 Å². The lowest BCUT2D eigenvalue weighted by atomic mass is 10.1. The summed E-state index contributed by atoms with van der Waals surface area (Å²) < 4.78 is 0. The van der Waals surface area contributed by atoms with Gasteiger partial charge in [0.2, 0.25) is 0 Å². The SMILES string of the molecule is CN(C)Cc1ccccc1CNC(=O)N1CCN2CCCC2C1. The van der Waals surface area contributed by atoms with Crippen LogP contribution in [0.15, 0.2) is 24.3 Å². The summed E-state index contributed by atoms with van der Waals surface area (Å²) in [6, 6.07) is 9.00. The molecule has 0 spiro atoms. The van der Waals surface area contributed by atoms with E-state index < -0.39 is 0 Å². The lowest BCUT2D eigenvalue weighted by Gasteiger charge is -2.37. The first-order valence-electron chi connectivity index (χ1n) is 8.62. The summed E-state index contributed by atoms with van der Waals surface area (Å²) in [7, 11) is 4.13. The number of nitrogens with zero attached hydrogens (tertiary/aromatic N) is 3. The minimum atomic E-state index is 0.0798. The predicted octanol–water partition coefficient (Wildman–Crippen LogP) is 1.74. The second-order valence-corrected chi connectivity index (χ2v) is 6.94. The standard InChI is InChI=1S/C18H28N4O/c1-20(2)13-16-7-4-3-6-15(16)12-19-18(23)22-11-10-21-9-5-8-17(21)14-22/h3-4,6-7,17H,5,8-14H2,1-2H3,(H,19,23). The van der Waals surface area contributed by atoms with Gasteiger partial charge in [0.05, 0.1) is 0 Å². The highest BCUT2D eigenvalue weighted by atomic mass is 16.2.